The summed E-state index contributed by atoms with van der Waals surface area (Å²) in [5.41, 5.74) is 0.552. The molecule has 4 N–H and O–H groups in total. The van der Waals surface area contributed by atoms with Crippen LogP contribution < -0.4 is 0 Å². The van der Waals surface area contributed by atoms with E-state index in [2.05, 4.69) is 0 Å². The molecule has 0 saturated heterocycles. The van der Waals surface area contributed by atoms with Gasteiger partial charge in [-0.15, -0.1) is 0 Å². The summed E-state index contributed by atoms with van der Waals surface area (Å²) in [4.78, 5) is 10.2. The number of carbonyl (C=O) groups is 1. The van der Waals surface area contributed by atoms with E-state index in [1.165, 1.54) is 24.3 Å². The van der Waals surface area contributed by atoms with Crippen LogP contribution in [0.25, 0.3) is 6.08 Å². The topological polar surface area (TPSA) is 80.4 Å². The predicted octanol–water partition coefficient (Wildman–Crippen LogP) is 0.362. The van der Waals surface area contributed by atoms with Gasteiger partial charge in [0.1, 0.15) is 0 Å². The van der Waals surface area contributed by atoms with Crippen LogP contribution in [0.15, 0.2) is 24.3 Å². The molecule has 0 aliphatic heterocycles. The molecule has 0 spiro atoms. The third kappa shape index (κ3) is 2.52. The summed E-state index contributed by atoms with van der Waals surface area (Å²) < 4.78 is 0. The lowest BCUT2D eigenvalue weighted by Crippen LogP contribution is -1.85. The smallest absolute Gasteiger partial charge is 0.541 e. The van der Waals surface area contributed by atoms with Gasteiger partial charge < -0.3 is 15.3 Å². The lowest BCUT2D eigenvalue weighted by molar-refractivity contribution is -0.131. The number of aromatic hydroxyl groups is 2. The van der Waals surface area contributed by atoms with E-state index in [0.29, 0.717) is 5.56 Å². The van der Waals surface area contributed by atoms with Gasteiger partial charge in [-0.05, 0) is 23.8 Å². The quantitative estimate of drug-likeness (QED) is 0.392. The minimum absolute atomic E-state index is 0.214. The zero-order valence-electron chi connectivity index (χ0n) is 6.69. The molecular weight excluding hydrogens is 172 g/mol. The van der Waals surface area contributed by atoms with Gasteiger partial charge in [-0.1, -0.05) is 6.07 Å². The average Bonchev–Trinajstić information content (AvgIpc) is 2.07. The Morgan fingerprint density at radius 3 is 2.54 bits per heavy atom. The maximum atomic E-state index is 10.2. The molecule has 0 radical (unpaired) electrons. The van der Waals surface area contributed by atoms with Crippen LogP contribution in [-0.2, 0) is 4.79 Å². The van der Waals surface area contributed by atoms with Gasteiger partial charge in [-0.2, -0.15) is 0 Å². The molecule has 1 aromatic carbocycles. The fourth-order valence-corrected chi connectivity index (χ4v) is 0.816. The highest BCUT2D eigenvalue weighted by Crippen LogP contribution is 2.25. The molecule has 68 valence electrons. The Morgan fingerprint density at radius 2 is 2.00 bits per heavy atom. The van der Waals surface area contributed by atoms with Crippen molar-refractivity contribution >= 4 is 12.0 Å². The molecule has 0 fully saturated rings. The largest absolute Gasteiger partial charge is 0.561 e. The van der Waals surface area contributed by atoms with Crippen LogP contribution >= 0.6 is 0 Å². The highest BCUT2D eigenvalue weighted by Gasteiger charge is 2.00. The van der Waals surface area contributed by atoms with Crippen molar-refractivity contribution in [2.45, 2.75) is 0 Å². The van der Waals surface area contributed by atoms with Crippen LogP contribution in [0, 0.1) is 0 Å². The van der Waals surface area contributed by atoms with E-state index in [-0.39, 0.29) is 11.5 Å². The lowest BCUT2D eigenvalue weighted by Gasteiger charge is -1.97. The molecule has 0 amide bonds. The van der Waals surface area contributed by atoms with Gasteiger partial charge in [0, 0.05) is 4.79 Å². The van der Waals surface area contributed by atoms with Crippen molar-refractivity contribution in [2.24, 2.45) is 0 Å². The number of hydrogen-bond donors (Lipinski definition) is 2. The fraction of sp³-hybridized carbons (Fsp3) is 0. The van der Waals surface area contributed by atoms with E-state index in [4.69, 9.17) is 15.3 Å². The summed E-state index contributed by atoms with van der Waals surface area (Å²) in [5.74, 6) is -1.28. The summed E-state index contributed by atoms with van der Waals surface area (Å²) in [6.07, 6.45) is 2.44. The van der Waals surface area contributed by atoms with Crippen molar-refractivity contribution in [1.82, 2.24) is 0 Å². The number of phenols is 2. The highest BCUT2D eigenvalue weighted by atomic mass is 16.4. The summed E-state index contributed by atoms with van der Waals surface area (Å²) in [5, 5.41) is 24.6. The molecule has 0 bridgehead atoms. The molecule has 0 aromatic heterocycles. The second-order valence-electron chi connectivity index (χ2n) is 2.45. The van der Waals surface area contributed by atoms with Crippen LogP contribution in [0.1, 0.15) is 5.56 Å². The van der Waals surface area contributed by atoms with Gasteiger partial charge in [-0.25, -0.2) is 0 Å². The molecule has 4 heteroatoms. The zero-order valence-corrected chi connectivity index (χ0v) is 6.69. The Kier molecular flexibility index (Phi) is 2.54. The lowest BCUT2D eigenvalue weighted by atomic mass is 10.2. The van der Waals surface area contributed by atoms with Crippen LogP contribution in [0.3, 0.4) is 0 Å². The second kappa shape index (κ2) is 3.62. The maximum Gasteiger partial charge on any atom is 0.541 e. The van der Waals surface area contributed by atoms with Crippen molar-refractivity contribution in [3.63, 3.8) is 0 Å². The average molecular weight is 181 g/mol. The van der Waals surface area contributed by atoms with Gasteiger partial charge in [0.2, 0.25) is 0 Å². The van der Waals surface area contributed by atoms with E-state index in [1.54, 1.807) is 0 Å². The van der Waals surface area contributed by atoms with Gasteiger partial charge in [-0.3, -0.25) is 0 Å². The second-order valence-corrected chi connectivity index (χ2v) is 2.45. The van der Waals surface area contributed by atoms with Crippen LogP contribution in [0.2, 0.25) is 0 Å². The third-order valence-electron chi connectivity index (χ3n) is 1.43. The van der Waals surface area contributed by atoms with Crippen molar-refractivity contribution in [2.75, 3.05) is 0 Å². The molecule has 0 heterocycles. The van der Waals surface area contributed by atoms with Crippen molar-refractivity contribution in [1.29, 1.82) is 0 Å². The Hall–Kier alpha value is -1.97. The number of carbonyl (C=O) groups excluding carboxylic acids is 1. The Morgan fingerprint density at radius 1 is 1.31 bits per heavy atom. The first-order valence-corrected chi connectivity index (χ1v) is 3.55. The van der Waals surface area contributed by atoms with Crippen LogP contribution in [-0.4, -0.2) is 21.3 Å². The summed E-state index contributed by atoms with van der Waals surface area (Å²) in [6.45, 7) is 0. The van der Waals surface area contributed by atoms with E-state index < -0.39 is 5.97 Å². The van der Waals surface area contributed by atoms with Crippen LogP contribution in [0.4, 0.5) is 0 Å². The van der Waals surface area contributed by atoms with E-state index in [1.807, 2.05) is 0 Å². The molecule has 4 nitrogen and oxygen atoms in total. The molecule has 0 aliphatic carbocycles. The standard InChI is InChI=1S/C9H8O4/c10-7-3-1-6(5-8(7)11)2-4-9(12)13/h1-5,10-11H,(H,12,13)/p+1/b4-2+. The summed E-state index contributed by atoms with van der Waals surface area (Å²) in [6, 6.07) is 4.13. The predicted molar refractivity (Wildman–Crippen MR) is 47.4 cm³/mol. The molecule has 1 aromatic rings. The third-order valence-corrected chi connectivity index (χ3v) is 1.43. The first-order valence-electron chi connectivity index (χ1n) is 3.55. The van der Waals surface area contributed by atoms with Gasteiger partial charge >= 0.3 is 5.97 Å². The molecular formula is C9H9O4+. The number of phenolic OH excluding ortho intramolecular Hbond substituents is 2. The van der Waals surface area contributed by atoms with Gasteiger partial charge in [0.25, 0.3) is 0 Å². The minimum Gasteiger partial charge on any atom is -0.561 e. The molecule has 0 atom stereocenters. The highest BCUT2D eigenvalue weighted by molar-refractivity contribution is 5.85. The Balaban J connectivity index is 2.92. The SMILES string of the molecule is O=C([OH2+])/C=C/c1ccc(O)c(O)c1. The van der Waals surface area contributed by atoms with E-state index in [0.717, 1.165) is 6.08 Å². The summed E-state index contributed by atoms with van der Waals surface area (Å²) in [7, 11) is 0. The maximum absolute atomic E-state index is 10.2. The zero-order chi connectivity index (χ0) is 9.84. The fourth-order valence-electron chi connectivity index (χ4n) is 0.816. The van der Waals surface area contributed by atoms with Gasteiger partial charge in [0.05, 0.1) is 6.08 Å². The Bertz CT molecular complexity index is 355. The van der Waals surface area contributed by atoms with Crippen molar-refractivity contribution in [3.05, 3.63) is 29.8 Å². The molecule has 0 saturated carbocycles. The molecule has 0 unspecified atom stereocenters. The summed E-state index contributed by atoms with van der Waals surface area (Å²) >= 11 is 0. The van der Waals surface area contributed by atoms with E-state index in [9.17, 15) is 4.79 Å². The number of benzene rings is 1. The number of rotatable bonds is 2. The molecule has 0 aliphatic rings. The Labute approximate surface area is 74.4 Å². The van der Waals surface area contributed by atoms with Gasteiger partial charge in [0.15, 0.2) is 11.5 Å². The van der Waals surface area contributed by atoms with E-state index >= 15 is 0 Å². The molecule has 1 rings (SSSR count). The van der Waals surface area contributed by atoms with Crippen LogP contribution in [0.5, 0.6) is 11.5 Å². The molecule has 13 heavy (non-hydrogen) atoms. The first-order chi connectivity index (χ1) is 6.09. The minimum atomic E-state index is -0.812. The van der Waals surface area contributed by atoms with Crippen molar-refractivity contribution in [3.8, 4) is 11.5 Å². The number of hydrogen-bond acceptors (Lipinski definition) is 3. The normalized spacial score (nSPS) is 10.5. The monoisotopic (exact) mass is 181 g/mol. The van der Waals surface area contributed by atoms with Crippen molar-refractivity contribution < 1.29 is 20.1 Å². The first kappa shape index (κ1) is 9.12.